The third-order valence-corrected chi connectivity index (χ3v) is 2.97. The van der Waals surface area contributed by atoms with Crippen LogP contribution in [0.3, 0.4) is 0 Å². The van der Waals surface area contributed by atoms with Crippen molar-refractivity contribution in [2.24, 2.45) is 0 Å². The van der Waals surface area contributed by atoms with Crippen LogP contribution in [0.1, 0.15) is 16.1 Å². The zero-order valence-corrected chi connectivity index (χ0v) is 11.1. The summed E-state index contributed by atoms with van der Waals surface area (Å²) in [6.45, 7) is 0. The van der Waals surface area contributed by atoms with E-state index >= 15 is 0 Å². The highest BCUT2D eigenvalue weighted by atomic mass is 79.9. The Balaban J connectivity index is 2.37. The summed E-state index contributed by atoms with van der Waals surface area (Å²) in [5.41, 5.74) is 0.471. The molecule has 1 aromatic carbocycles. The highest BCUT2D eigenvalue weighted by Gasteiger charge is 2.14. The van der Waals surface area contributed by atoms with Crippen LogP contribution in [0.4, 0.5) is 4.39 Å². The Hall–Kier alpha value is -2.19. The molecule has 94 valence electrons. The van der Waals surface area contributed by atoms with Crippen LogP contribution in [0.2, 0.25) is 0 Å². The number of ketones is 1. The zero-order chi connectivity index (χ0) is 13.8. The van der Waals surface area contributed by atoms with Gasteiger partial charge in [0.25, 0.3) is 0 Å². The van der Waals surface area contributed by atoms with E-state index in [0.717, 1.165) is 0 Å². The minimum Gasteiger partial charge on any atom is -0.461 e. The van der Waals surface area contributed by atoms with Gasteiger partial charge in [-0.2, -0.15) is 5.26 Å². The van der Waals surface area contributed by atoms with Crippen molar-refractivity contribution in [1.82, 2.24) is 0 Å². The Kier molecular flexibility index (Phi) is 3.93. The van der Waals surface area contributed by atoms with Crippen molar-refractivity contribution in [1.29, 1.82) is 5.26 Å². The van der Waals surface area contributed by atoms with Crippen molar-refractivity contribution in [2.45, 2.75) is 0 Å². The molecule has 0 fully saturated rings. The average Bonchev–Trinajstić information content (AvgIpc) is 2.93. The normalized spacial score (nSPS) is 11.1. The number of hydrogen-bond donors (Lipinski definition) is 0. The van der Waals surface area contributed by atoms with Crippen molar-refractivity contribution in [3.63, 3.8) is 0 Å². The highest BCUT2D eigenvalue weighted by Crippen LogP contribution is 2.19. The number of benzene rings is 1. The molecule has 0 aliphatic heterocycles. The van der Waals surface area contributed by atoms with Gasteiger partial charge in [-0.05, 0) is 51.8 Å². The molecule has 2 aromatic rings. The molecule has 0 saturated heterocycles. The van der Waals surface area contributed by atoms with Crippen LogP contribution in [-0.4, -0.2) is 5.78 Å². The minimum absolute atomic E-state index is 0.0755. The van der Waals surface area contributed by atoms with Gasteiger partial charge in [0, 0.05) is 0 Å². The fourth-order valence-electron chi connectivity index (χ4n) is 1.46. The van der Waals surface area contributed by atoms with Crippen LogP contribution in [0, 0.1) is 17.1 Å². The molecule has 3 nitrogen and oxygen atoms in total. The van der Waals surface area contributed by atoms with E-state index in [-0.39, 0.29) is 15.8 Å². The van der Waals surface area contributed by atoms with Gasteiger partial charge < -0.3 is 4.42 Å². The first-order valence-electron chi connectivity index (χ1n) is 5.27. The van der Waals surface area contributed by atoms with E-state index in [9.17, 15) is 9.18 Å². The first kappa shape index (κ1) is 13.2. The molecule has 2 rings (SSSR count). The van der Waals surface area contributed by atoms with E-state index < -0.39 is 11.6 Å². The molecule has 19 heavy (non-hydrogen) atoms. The number of carbonyl (C=O) groups excluding carboxylic acids is 1. The number of nitriles is 1. The van der Waals surface area contributed by atoms with E-state index in [2.05, 4.69) is 15.9 Å². The fourth-order valence-corrected chi connectivity index (χ4v) is 1.85. The van der Waals surface area contributed by atoms with Gasteiger partial charge >= 0.3 is 0 Å². The molecule has 0 spiro atoms. The molecule has 0 radical (unpaired) electrons. The molecule has 5 heteroatoms. The molecular formula is C14H7BrFNO2. The number of hydrogen-bond acceptors (Lipinski definition) is 3. The molecule has 0 aliphatic rings. The van der Waals surface area contributed by atoms with E-state index in [1.54, 1.807) is 6.07 Å². The summed E-state index contributed by atoms with van der Waals surface area (Å²) in [4.78, 5) is 11.9. The monoisotopic (exact) mass is 319 g/mol. The number of furan rings is 1. The lowest BCUT2D eigenvalue weighted by Gasteiger charge is -1.99. The molecule has 1 aromatic heterocycles. The summed E-state index contributed by atoms with van der Waals surface area (Å²) in [7, 11) is 0. The smallest absolute Gasteiger partial charge is 0.238 e. The molecule has 0 bridgehead atoms. The van der Waals surface area contributed by atoms with E-state index in [1.165, 1.54) is 36.6 Å². The standard InChI is InChI=1S/C14H7BrFNO2/c15-11-7-9(3-4-12(11)16)6-10(8-17)14(18)13-2-1-5-19-13/h1-7H/b10-6+. The molecule has 0 saturated carbocycles. The number of halogens is 2. The van der Waals surface area contributed by atoms with Gasteiger partial charge in [0.2, 0.25) is 5.78 Å². The highest BCUT2D eigenvalue weighted by molar-refractivity contribution is 9.10. The maximum absolute atomic E-state index is 13.1. The van der Waals surface area contributed by atoms with Gasteiger partial charge in [-0.1, -0.05) is 6.07 Å². The van der Waals surface area contributed by atoms with Gasteiger partial charge in [0.1, 0.15) is 17.5 Å². The third-order valence-electron chi connectivity index (χ3n) is 2.36. The number of allylic oxidation sites excluding steroid dienone is 1. The van der Waals surface area contributed by atoms with Crippen LogP contribution in [0.5, 0.6) is 0 Å². The molecule has 0 amide bonds. The van der Waals surface area contributed by atoms with E-state index in [0.29, 0.717) is 5.56 Å². The summed E-state index contributed by atoms with van der Waals surface area (Å²) >= 11 is 3.04. The van der Waals surface area contributed by atoms with Gasteiger partial charge in [-0.3, -0.25) is 4.79 Å². The first-order chi connectivity index (χ1) is 9.11. The second-order valence-corrected chi connectivity index (χ2v) is 4.50. The number of rotatable bonds is 3. The van der Waals surface area contributed by atoms with Crippen LogP contribution in [0.25, 0.3) is 6.08 Å². The predicted octanol–water partition coefficient (Wildman–Crippen LogP) is 3.97. The molecule has 0 atom stereocenters. The van der Waals surface area contributed by atoms with Crippen LogP contribution in [-0.2, 0) is 0 Å². The quantitative estimate of drug-likeness (QED) is 0.488. The lowest BCUT2D eigenvalue weighted by atomic mass is 10.1. The summed E-state index contributed by atoms with van der Waals surface area (Å²) in [6, 6.07) is 9.08. The Labute approximate surface area is 117 Å². The topological polar surface area (TPSA) is 54.0 Å². The molecule has 0 N–H and O–H groups in total. The first-order valence-corrected chi connectivity index (χ1v) is 6.06. The summed E-state index contributed by atoms with van der Waals surface area (Å²) < 4.78 is 18.3. The van der Waals surface area contributed by atoms with Crippen LogP contribution >= 0.6 is 15.9 Å². The van der Waals surface area contributed by atoms with Gasteiger partial charge in [0.15, 0.2) is 5.76 Å². The minimum atomic E-state index is -0.507. The van der Waals surface area contributed by atoms with E-state index in [1.807, 2.05) is 6.07 Å². The van der Waals surface area contributed by atoms with E-state index in [4.69, 9.17) is 9.68 Å². The average molecular weight is 320 g/mol. The molecule has 0 unspecified atom stereocenters. The van der Waals surface area contributed by atoms with Gasteiger partial charge in [-0.15, -0.1) is 0 Å². The Bertz CT molecular complexity index is 684. The summed E-state index contributed by atoms with van der Waals surface area (Å²) in [6.07, 6.45) is 2.74. The Morgan fingerprint density at radius 1 is 1.42 bits per heavy atom. The zero-order valence-electron chi connectivity index (χ0n) is 9.56. The summed E-state index contributed by atoms with van der Waals surface area (Å²) in [5.74, 6) is -0.824. The number of Topliss-reactive ketones (excluding diaryl/α,β-unsaturated/α-hetero) is 1. The van der Waals surface area contributed by atoms with Crippen LogP contribution in [0.15, 0.2) is 51.1 Å². The molecule has 1 heterocycles. The predicted molar refractivity (Wildman–Crippen MR) is 70.7 cm³/mol. The lowest BCUT2D eigenvalue weighted by molar-refractivity contribution is 0.101. The van der Waals surface area contributed by atoms with Crippen molar-refractivity contribution in [3.8, 4) is 6.07 Å². The SMILES string of the molecule is N#C/C(=C\c1ccc(F)c(Br)c1)C(=O)c1ccco1. The Morgan fingerprint density at radius 3 is 2.79 bits per heavy atom. The largest absolute Gasteiger partial charge is 0.461 e. The lowest BCUT2D eigenvalue weighted by Crippen LogP contribution is -2.00. The van der Waals surface area contributed by atoms with Crippen molar-refractivity contribution >= 4 is 27.8 Å². The maximum atomic E-state index is 13.1. The van der Waals surface area contributed by atoms with Crippen molar-refractivity contribution < 1.29 is 13.6 Å². The van der Waals surface area contributed by atoms with Crippen molar-refractivity contribution in [2.75, 3.05) is 0 Å². The van der Waals surface area contributed by atoms with Gasteiger partial charge in [0.05, 0.1) is 10.7 Å². The van der Waals surface area contributed by atoms with Gasteiger partial charge in [-0.25, -0.2) is 4.39 Å². The second kappa shape index (κ2) is 5.63. The Morgan fingerprint density at radius 2 is 2.21 bits per heavy atom. The fraction of sp³-hybridized carbons (Fsp3) is 0. The molecular weight excluding hydrogens is 313 g/mol. The number of carbonyl (C=O) groups is 1. The van der Waals surface area contributed by atoms with Crippen LogP contribution < -0.4 is 0 Å². The summed E-state index contributed by atoms with van der Waals surface area (Å²) in [5, 5.41) is 9.01. The second-order valence-electron chi connectivity index (χ2n) is 3.65. The third kappa shape index (κ3) is 2.98. The van der Waals surface area contributed by atoms with Crippen molar-refractivity contribution in [3.05, 3.63) is 63.8 Å². The maximum Gasteiger partial charge on any atom is 0.238 e. The molecule has 0 aliphatic carbocycles. The number of nitrogens with zero attached hydrogens (tertiary/aromatic N) is 1.